The monoisotopic (exact) mass is 274 g/mol. The van der Waals surface area contributed by atoms with E-state index in [1.807, 2.05) is 19.1 Å². The number of anilines is 1. The zero-order chi connectivity index (χ0) is 14.7. The summed E-state index contributed by atoms with van der Waals surface area (Å²) in [5.74, 6) is 0.0249. The van der Waals surface area contributed by atoms with Gasteiger partial charge in [-0.3, -0.25) is 14.5 Å². The Kier molecular flexibility index (Phi) is 4.55. The van der Waals surface area contributed by atoms with Gasteiger partial charge in [-0.2, -0.15) is 0 Å². The first kappa shape index (κ1) is 14.7. The second-order valence-electron chi connectivity index (χ2n) is 5.67. The molecule has 4 heteroatoms. The number of carbonyl (C=O) groups is 2. The molecule has 1 fully saturated rings. The third-order valence-corrected chi connectivity index (χ3v) is 3.93. The largest absolute Gasteiger partial charge is 0.325 e. The van der Waals surface area contributed by atoms with Gasteiger partial charge in [0.1, 0.15) is 6.29 Å². The van der Waals surface area contributed by atoms with Crippen LogP contribution in [0.4, 0.5) is 5.69 Å². The number of benzene rings is 1. The van der Waals surface area contributed by atoms with Crippen LogP contribution in [-0.4, -0.2) is 35.7 Å². The number of likely N-dealkylation sites (tertiary alicyclic amines) is 1. The lowest BCUT2D eigenvalue weighted by Gasteiger charge is -2.27. The molecule has 0 aromatic heterocycles. The van der Waals surface area contributed by atoms with Gasteiger partial charge in [0.05, 0.1) is 6.04 Å². The standard InChI is InChI=1S/C16H22N2O2/c1-11(2)18-8-4-5-15(18)16(20)17-14-7-6-12(3)13(9-14)10-19/h6-7,9-11,15H,4-5,8H2,1-3H3,(H,17,20). The van der Waals surface area contributed by atoms with Crippen LogP contribution < -0.4 is 5.32 Å². The Morgan fingerprint density at radius 1 is 1.45 bits per heavy atom. The van der Waals surface area contributed by atoms with E-state index in [1.165, 1.54) is 0 Å². The Morgan fingerprint density at radius 2 is 2.20 bits per heavy atom. The molecule has 2 rings (SSSR count). The Morgan fingerprint density at radius 3 is 2.85 bits per heavy atom. The van der Waals surface area contributed by atoms with Crippen molar-refractivity contribution in [3.05, 3.63) is 29.3 Å². The first-order chi connectivity index (χ1) is 9.52. The molecule has 1 aliphatic rings. The average Bonchev–Trinajstić information content (AvgIpc) is 2.90. The van der Waals surface area contributed by atoms with Gasteiger partial charge in [0.2, 0.25) is 5.91 Å². The second kappa shape index (κ2) is 6.18. The molecule has 1 unspecified atom stereocenters. The van der Waals surface area contributed by atoms with Gasteiger partial charge < -0.3 is 5.32 Å². The minimum Gasteiger partial charge on any atom is -0.325 e. The molecule has 0 spiro atoms. The van der Waals surface area contributed by atoms with Crippen LogP contribution in [0.5, 0.6) is 0 Å². The molecule has 1 atom stereocenters. The van der Waals surface area contributed by atoms with E-state index in [2.05, 4.69) is 24.1 Å². The van der Waals surface area contributed by atoms with Gasteiger partial charge in [0.25, 0.3) is 0 Å². The number of carbonyl (C=O) groups excluding carboxylic acids is 2. The highest BCUT2D eigenvalue weighted by Gasteiger charge is 2.32. The predicted molar refractivity (Wildman–Crippen MR) is 80.1 cm³/mol. The number of rotatable bonds is 4. The molecule has 1 aliphatic heterocycles. The smallest absolute Gasteiger partial charge is 0.241 e. The Balaban J connectivity index is 2.09. The quantitative estimate of drug-likeness (QED) is 0.859. The molecule has 4 nitrogen and oxygen atoms in total. The molecular formula is C16H22N2O2. The number of aryl methyl sites for hydroxylation is 1. The van der Waals surface area contributed by atoms with Crippen molar-refractivity contribution in [2.45, 2.75) is 45.7 Å². The van der Waals surface area contributed by atoms with Gasteiger partial charge in [0.15, 0.2) is 0 Å². The maximum atomic E-state index is 12.4. The highest BCUT2D eigenvalue weighted by molar-refractivity contribution is 5.96. The van der Waals surface area contributed by atoms with Gasteiger partial charge in [-0.05, 0) is 57.9 Å². The topological polar surface area (TPSA) is 49.4 Å². The molecule has 1 N–H and O–H groups in total. The minimum absolute atomic E-state index is 0.0249. The lowest BCUT2D eigenvalue weighted by Crippen LogP contribution is -2.43. The highest BCUT2D eigenvalue weighted by atomic mass is 16.2. The van der Waals surface area contributed by atoms with E-state index in [4.69, 9.17) is 0 Å². The Bertz CT molecular complexity index is 511. The van der Waals surface area contributed by atoms with Crippen LogP contribution in [0.1, 0.15) is 42.6 Å². The van der Waals surface area contributed by atoms with Crippen molar-refractivity contribution in [3.63, 3.8) is 0 Å². The van der Waals surface area contributed by atoms with E-state index in [0.29, 0.717) is 17.3 Å². The van der Waals surface area contributed by atoms with Crippen molar-refractivity contribution in [2.75, 3.05) is 11.9 Å². The number of nitrogens with one attached hydrogen (secondary N) is 1. The average molecular weight is 274 g/mol. The number of aldehydes is 1. The number of hydrogen-bond donors (Lipinski definition) is 1. The zero-order valence-electron chi connectivity index (χ0n) is 12.3. The summed E-state index contributed by atoms with van der Waals surface area (Å²) in [5.41, 5.74) is 2.23. The molecule has 108 valence electrons. The predicted octanol–water partition coefficient (Wildman–Crippen LogP) is 2.62. The van der Waals surface area contributed by atoms with Crippen LogP contribution in [0.3, 0.4) is 0 Å². The number of nitrogens with zero attached hydrogens (tertiary/aromatic N) is 1. The van der Waals surface area contributed by atoms with Gasteiger partial charge in [0, 0.05) is 17.3 Å². The van der Waals surface area contributed by atoms with E-state index in [1.54, 1.807) is 6.07 Å². The number of amides is 1. The molecule has 20 heavy (non-hydrogen) atoms. The Hall–Kier alpha value is -1.68. The normalized spacial score (nSPS) is 19.3. The third kappa shape index (κ3) is 3.07. The first-order valence-corrected chi connectivity index (χ1v) is 7.15. The minimum atomic E-state index is -0.0593. The summed E-state index contributed by atoms with van der Waals surface area (Å²) in [6.07, 6.45) is 2.78. The molecule has 1 amide bonds. The van der Waals surface area contributed by atoms with Crippen LogP contribution in [-0.2, 0) is 4.79 Å². The van der Waals surface area contributed by atoms with E-state index in [0.717, 1.165) is 31.2 Å². The van der Waals surface area contributed by atoms with Crippen molar-refractivity contribution in [1.82, 2.24) is 4.90 Å². The van der Waals surface area contributed by atoms with E-state index < -0.39 is 0 Å². The van der Waals surface area contributed by atoms with Crippen LogP contribution in [0.2, 0.25) is 0 Å². The van der Waals surface area contributed by atoms with Crippen LogP contribution in [0.15, 0.2) is 18.2 Å². The van der Waals surface area contributed by atoms with Crippen LogP contribution >= 0.6 is 0 Å². The number of hydrogen-bond acceptors (Lipinski definition) is 3. The molecule has 1 saturated heterocycles. The molecule has 0 aliphatic carbocycles. The molecule has 0 radical (unpaired) electrons. The van der Waals surface area contributed by atoms with Gasteiger partial charge in [-0.25, -0.2) is 0 Å². The Labute approximate surface area is 120 Å². The van der Waals surface area contributed by atoms with Gasteiger partial charge >= 0.3 is 0 Å². The lowest BCUT2D eigenvalue weighted by atomic mass is 10.1. The van der Waals surface area contributed by atoms with Crippen LogP contribution in [0.25, 0.3) is 0 Å². The fraction of sp³-hybridized carbons (Fsp3) is 0.500. The van der Waals surface area contributed by atoms with E-state index in [9.17, 15) is 9.59 Å². The molecule has 1 heterocycles. The summed E-state index contributed by atoms with van der Waals surface area (Å²) in [6.45, 7) is 7.08. The second-order valence-corrected chi connectivity index (χ2v) is 5.67. The third-order valence-electron chi connectivity index (χ3n) is 3.93. The van der Waals surface area contributed by atoms with Crippen molar-refractivity contribution in [1.29, 1.82) is 0 Å². The fourth-order valence-electron chi connectivity index (χ4n) is 2.76. The highest BCUT2D eigenvalue weighted by Crippen LogP contribution is 2.22. The molecule has 0 bridgehead atoms. The summed E-state index contributed by atoms with van der Waals surface area (Å²) in [4.78, 5) is 25.5. The summed E-state index contributed by atoms with van der Waals surface area (Å²) in [6, 6.07) is 5.74. The lowest BCUT2D eigenvalue weighted by molar-refractivity contribution is -0.120. The molecule has 1 aromatic carbocycles. The summed E-state index contributed by atoms with van der Waals surface area (Å²) in [7, 11) is 0. The molecular weight excluding hydrogens is 252 g/mol. The molecule has 1 aromatic rings. The van der Waals surface area contributed by atoms with Crippen molar-refractivity contribution in [2.24, 2.45) is 0 Å². The summed E-state index contributed by atoms with van der Waals surface area (Å²) < 4.78 is 0. The van der Waals surface area contributed by atoms with Crippen molar-refractivity contribution >= 4 is 17.9 Å². The zero-order valence-corrected chi connectivity index (χ0v) is 12.3. The SMILES string of the molecule is Cc1ccc(NC(=O)C2CCCN2C(C)C)cc1C=O. The summed E-state index contributed by atoms with van der Waals surface area (Å²) >= 11 is 0. The summed E-state index contributed by atoms with van der Waals surface area (Å²) in [5, 5.41) is 2.93. The van der Waals surface area contributed by atoms with E-state index in [-0.39, 0.29) is 11.9 Å². The maximum absolute atomic E-state index is 12.4. The molecule has 0 saturated carbocycles. The van der Waals surface area contributed by atoms with E-state index >= 15 is 0 Å². The van der Waals surface area contributed by atoms with Crippen molar-refractivity contribution in [3.8, 4) is 0 Å². The fourth-order valence-corrected chi connectivity index (χ4v) is 2.76. The van der Waals surface area contributed by atoms with Crippen molar-refractivity contribution < 1.29 is 9.59 Å². The van der Waals surface area contributed by atoms with Gasteiger partial charge in [-0.1, -0.05) is 6.07 Å². The first-order valence-electron chi connectivity index (χ1n) is 7.15. The van der Waals surface area contributed by atoms with Gasteiger partial charge in [-0.15, -0.1) is 0 Å². The van der Waals surface area contributed by atoms with Crippen LogP contribution in [0, 0.1) is 6.92 Å². The maximum Gasteiger partial charge on any atom is 0.241 e.